The smallest absolute Gasteiger partial charge is 0.283 e. The number of carbonyl (C=O) groups is 1. The summed E-state index contributed by atoms with van der Waals surface area (Å²) in [7, 11) is -3.60. The first kappa shape index (κ1) is 20.7. The van der Waals surface area contributed by atoms with Crippen molar-refractivity contribution in [3.05, 3.63) is 55.9 Å². The number of nitrogens with one attached hydrogen (secondary N) is 1. The molecule has 0 unspecified atom stereocenters. The monoisotopic (exact) mass is 445 g/mol. The largest absolute Gasteiger partial charge is 0.379 e. The van der Waals surface area contributed by atoms with Crippen LogP contribution in [0, 0.1) is 10.1 Å². The van der Waals surface area contributed by atoms with E-state index in [9.17, 15) is 23.3 Å². The topological polar surface area (TPSA) is 119 Å². The number of benzene rings is 1. The van der Waals surface area contributed by atoms with Gasteiger partial charge in [0.25, 0.3) is 21.6 Å². The van der Waals surface area contributed by atoms with Crippen molar-refractivity contribution in [1.82, 2.24) is 9.62 Å². The minimum absolute atomic E-state index is 0.0436. The summed E-state index contributed by atoms with van der Waals surface area (Å²) in [5.41, 5.74) is -0.515. The van der Waals surface area contributed by atoms with Crippen molar-refractivity contribution in [1.29, 1.82) is 0 Å². The second kappa shape index (κ2) is 8.53. The molecule has 0 saturated carbocycles. The van der Waals surface area contributed by atoms with Crippen LogP contribution in [-0.2, 0) is 21.3 Å². The van der Waals surface area contributed by atoms with Gasteiger partial charge in [-0.2, -0.15) is 4.31 Å². The van der Waals surface area contributed by atoms with Crippen LogP contribution in [0.2, 0.25) is 5.02 Å². The molecule has 0 aliphatic carbocycles. The highest BCUT2D eigenvalue weighted by Crippen LogP contribution is 2.26. The molecular formula is C16H16ClN3O6S2. The van der Waals surface area contributed by atoms with Crippen molar-refractivity contribution < 1.29 is 22.9 Å². The van der Waals surface area contributed by atoms with Crippen molar-refractivity contribution in [3.63, 3.8) is 0 Å². The van der Waals surface area contributed by atoms with Crippen molar-refractivity contribution in [3.8, 4) is 0 Å². The summed E-state index contributed by atoms with van der Waals surface area (Å²) in [4.78, 5) is 23.3. The third-order valence-corrected chi connectivity index (χ3v) is 7.71. The summed E-state index contributed by atoms with van der Waals surface area (Å²) in [6.07, 6.45) is 0. The summed E-state index contributed by atoms with van der Waals surface area (Å²) in [5, 5.41) is 13.8. The normalized spacial score (nSPS) is 15.3. The summed E-state index contributed by atoms with van der Waals surface area (Å²) >= 11 is 6.79. The maximum Gasteiger partial charge on any atom is 0.283 e. The minimum atomic E-state index is -3.60. The van der Waals surface area contributed by atoms with Gasteiger partial charge in [0.05, 0.1) is 24.7 Å². The zero-order valence-corrected chi connectivity index (χ0v) is 16.8. The zero-order chi connectivity index (χ0) is 20.3. The molecule has 2 aromatic rings. The van der Waals surface area contributed by atoms with E-state index in [2.05, 4.69) is 5.32 Å². The first-order valence-corrected chi connectivity index (χ1v) is 10.8. The van der Waals surface area contributed by atoms with Crippen molar-refractivity contribution >= 4 is 44.6 Å². The first-order valence-electron chi connectivity index (χ1n) is 8.18. The van der Waals surface area contributed by atoms with Crippen LogP contribution in [0.5, 0.6) is 0 Å². The number of rotatable bonds is 6. The van der Waals surface area contributed by atoms with Gasteiger partial charge in [0, 0.05) is 29.1 Å². The van der Waals surface area contributed by atoms with Gasteiger partial charge in [-0.3, -0.25) is 14.9 Å². The van der Waals surface area contributed by atoms with E-state index in [1.54, 1.807) is 6.07 Å². The number of carbonyl (C=O) groups excluding carboxylic acids is 1. The lowest BCUT2D eigenvalue weighted by Crippen LogP contribution is -2.40. The van der Waals surface area contributed by atoms with Gasteiger partial charge >= 0.3 is 0 Å². The van der Waals surface area contributed by atoms with Crippen LogP contribution in [0.3, 0.4) is 0 Å². The van der Waals surface area contributed by atoms with Crippen molar-refractivity contribution in [2.45, 2.75) is 10.8 Å². The minimum Gasteiger partial charge on any atom is -0.379 e. The number of nitro groups is 1. The van der Waals surface area contributed by atoms with E-state index < -0.39 is 26.5 Å². The fourth-order valence-corrected chi connectivity index (χ4v) is 5.64. The van der Waals surface area contributed by atoms with Gasteiger partial charge in [-0.1, -0.05) is 11.6 Å². The van der Waals surface area contributed by atoms with Crippen LogP contribution in [0.4, 0.5) is 5.69 Å². The Hall–Kier alpha value is -2.05. The molecule has 0 spiro atoms. The number of nitrogens with zero attached hydrogens (tertiary/aromatic N) is 2. The number of sulfonamides is 1. The Labute approximate surface area is 170 Å². The Balaban J connectivity index is 1.69. The summed E-state index contributed by atoms with van der Waals surface area (Å²) < 4.78 is 31.9. The highest BCUT2D eigenvalue weighted by Gasteiger charge is 2.28. The Morgan fingerprint density at radius 2 is 2.00 bits per heavy atom. The molecule has 1 aliphatic heterocycles. The molecule has 3 rings (SSSR count). The maximum atomic E-state index is 12.6. The lowest BCUT2D eigenvalue weighted by Gasteiger charge is -2.25. The second-order valence-corrected chi connectivity index (χ2v) is 9.61. The van der Waals surface area contributed by atoms with E-state index in [0.29, 0.717) is 31.2 Å². The molecule has 1 aromatic carbocycles. The molecule has 12 heteroatoms. The van der Waals surface area contributed by atoms with Gasteiger partial charge in [0.2, 0.25) is 0 Å². The Morgan fingerprint density at radius 1 is 1.29 bits per heavy atom. The quantitative estimate of drug-likeness (QED) is 0.538. The van der Waals surface area contributed by atoms with Gasteiger partial charge in [-0.15, -0.1) is 11.3 Å². The third-order valence-electron chi connectivity index (χ3n) is 4.03. The third kappa shape index (κ3) is 4.50. The van der Waals surface area contributed by atoms with Gasteiger partial charge in [-0.25, -0.2) is 8.42 Å². The van der Waals surface area contributed by atoms with Crippen molar-refractivity contribution in [2.24, 2.45) is 0 Å². The van der Waals surface area contributed by atoms with Gasteiger partial charge in [0.1, 0.15) is 9.77 Å². The molecule has 28 heavy (non-hydrogen) atoms. The van der Waals surface area contributed by atoms with Crippen LogP contribution in [0.25, 0.3) is 0 Å². The van der Waals surface area contributed by atoms with E-state index in [1.807, 2.05) is 0 Å². The van der Waals surface area contributed by atoms with E-state index in [0.717, 1.165) is 17.4 Å². The van der Waals surface area contributed by atoms with Gasteiger partial charge in [-0.05, 0) is 24.3 Å². The van der Waals surface area contributed by atoms with Crippen LogP contribution in [-0.4, -0.2) is 49.9 Å². The molecule has 9 nitrogen and oxygen atoms in total. The Bertz CT molecular complexity index is 1000. The summed E-state index contributed by atoms with van der Waals surface area (Å²) in [6.45, 7) is 1.35. The number of ether oxygens (including phenoxy) is 1. The maximum absolute atomic E-state index is 12.6. The number of hydrogen-bond acceptors (Lipinski definition) is 7. The first-order chi connectivity index (χ1) is 13.3. The standard InChI is InChI=1S/C16H16ClN3O6S2/c17-11-1-3-13(14(9-11)20(22)23)16(21)18-10-12-2-4-15(27-12)28(24,25)19-5-7-26-8-6-19/h1-4,9H,5-8,10H2,(H,18,21). The molecular weight excluding hydrogens is 430 g/mol. The Kier molecular flexibility index (Phi) is 6.30. The molecule has 1 fully saturated rings. The second-order valence-electron chi connectivity index (χ2n) is 5.84. The molecule has 1 N–H and O–H groups in total. The van der Waals surface area contributed by atoms with Crippen LogP contribution in [0.1, 0.15) is 15.2 Å². The van der Waals surface area contributed by atoms with E-state index in [4.69, 9.17) is 16.3 Å². The summed E-state index contributed by atoms with van der Waals surface area (Å²) in [6, 6.07) is 6.87. The Morgan fingerprint density at radius 3 is 2.68 bits per heavy atom. The van der Waals surface area contributed by atoms with Crippen molar-refractivity contribution in [2.75, 3.05) is 26.3 Å². The zero-order valence-electron chi connectivity index (χ0n) is 14.5. The molecule has 0 bridgehead atoms. The number of nitro benzene ring substituents is 1. The fourth-order valence-electron chi connectivity index (χ4n) is 2.62. The number of hydrogen-bond donors (Lipinski definition) is 1. The predicted octanol–water partition coefficient (Wildman–Crippen LogP) is 2.26. The average molecular weight is 446 g/mol. The molecule has 0 atom stereocenters. The molecule has 1 aliphatic rings. The number of thiophene rings is 1. The van der Waals surface area contributed by atoms with E-state index in [1.165, 1.54) is 22.5 Å². The molecule has 1 amide bonds. The SMILES string of the molecule is O=C(NCc1ccc(S(=O)(=O)N2CCOCC2)s1)c1ccc(Cl)cc1[N+](=O)[O-]. The highest BCUT2D eigenvalue weighted by molar-refractivity contribution is 7.91. The number of amides is 1. The van der Waals surface area contributed by atoms with Crippen LogP contribution >= 0.6 is 22.9 Å². The fraction of sp³-hybridized carbons (Fsp3) is 0.312. The van der Waals surface area contributed by atoms with Gasteiger partial charge in [0.15, 0.2) is 0 Å². The van der Waals surface area contributed by atoms with E-state index in [-0.39, 0.29) is 21.3 Å². The lowest BCUT2D eigenvalue weighted by atomic mass is 10.1. The van der Waals surface area contributed by atoms with Crippen LogP contribution < -0.4 is 5.32 Å². The molecule has 2 heterocycles. The highest BCUT2D eigenvalue weighted by atomic mass is 35.5. The molecule has 1 saturated heterocycles. The number of morpholine rings is 1. The molecule has 1 aromatic heterocycles. The number of halogens is 1. The van der Waals surface area contributed by atoms with Gasteiger partial charge < -0.3 is 10.1 Å². The lowest BCUT2D eigenvalue weighted by molar-refractivity contribution is -0.385. The molecule has 0 radical (unpaired) electrons. The van der Waals surface area contributed by atoms with Crippen LogP contribution in [0.15, 0.2) is 34.5 Å². The average Bonchev–Trinajstić information content (AvgIpc) is 3.16. The predicted molar refractivity (Wildman–Crippen MR) is 103 cm³/mol. The molecule has 150 valence electrons. The van der Waals surface area contributed by atoms with E-state index >= 15 is 0 Å². The summed E-state index contributed by atoms with van der Waals surface area (Å²) in [5.74, 6) is -0.644.